The number of amides is 2. The van der Waals surface area contributed by atoms with Crippen LogP contribution in [-0.2, 0) is 16.0 Å². The molecule has 0 fully saturated rings. The van der Waals surface area contributed by atoms with Crippen molar-refractivity contribution in [2.45, 2.75) is 33.6 Å². The molecule has 0 atom stereocenters. The molecule has 2 amide bonds. The smallest absolute Gasteiger partial charge is 0.226 e. The average Bonchev–Trinajstić information content (AvgIpc) is 2.58. The maximum absolute atomic E-state index is 12.3. The van der Waals surface area contributed by atoms with E-state index in [0.717, 1.165) is 22.4 Å². The van der Waals surface area contributed by atoms with Crippen LogP contribution in [-0.4, -0.2) is 29.8 Å². The summed E-state index contributed by atoms with van der Waals surface area (Å²) in [6.07, 6.45) is 0.973. The van der Waals surface area contributed by atoms with Gasteiger partial charge in [-0.25, -0.2) is 0 Å². The molecule has 2 aromatic rings. The molecule has 2 aromatic carbocycles. The van der Waals surface area contributed by atoms with Gasteiger partial charge in [-0.3, -0.25) is 9.59 Å². The van der Waals surface area contributed by atoms with E-state index in [-0.39, 0.29) is 18.2 Å². The van der Waals surface area contributed by atoms with Gasteiger partial charge in [-0.1, -0.05) is 35.9 Å². The van der Waals surface area contributed by atoms with Crippen molar-refractivity contribution < 1.29 is 9.59 Å². The summed E-state index contributed by atoms with van der Waals surface area (Å²) >= 11 is 5.99. The normalized spacial score (nSPS) is 10.5. The van der Waals surface area contributed by atoms with Crippen molar-refractivity contribution in [2.24, 2.45) is 0 Å². The van der Waals surface area contributed by atoms with E-state index in [9.17, 15) is 9.59 Å². The summed E-state index contributed by atoms with van der Waals surface area (Å²) in [6, 6.07) is 13.6. The number of halogens is 1. The van der Waals surface area contributed by atoms with E-state index in [4.69, 9.17) is 11.6 Å². The Bertz CT molecular complexity index is 789. The molecule has 26 heavy (non-hydrogen) atoms. The van der Waals surface area contributed by atoms with Gasteiger partial charge >= 0.3 is 0 Å². The fourth-order valence-corrected chi connectivity index (χ4v) is 2.92. The zero-order chi connectivity index (χ0) is 19.1. The first-order valence-electron chi connectivity index (χ1n) is 8.72. The van der Waals surface area contributed by atoms with Crippen LogP contribution >= 0.6 is 11.6 Å². The van der Waals surface area contributed by atoms with Gasteiger partial charge in [0.25, 0.3) is 0 Å². The molecule has 0 aliphatic heterocycles. The summed E-state index contributed by atoms with van der Waals surface area (Å²) in [6.45, 7) is 6.43. The summed E-state index contributed by atoms with van der Waals surface area (Å²) < 4.78 is 0. The fraction of sp³-hybridized carbons (Fsp3) is 0.333. The summed E-state index contributed by atoms with van der Waals surface area (Å²) in [7, 11) is 0. The molecule has 4 nitrogen and oxygen atoms in total. The first-order chi connectivity index (χ1) is 12.3. The molecule has 0 saturated heterocycles. The lowest BCUT2D eigenvalue weighted by Crippen LogP contribution is -2.33. The van der Waals surface area contributed by atoms with E-state index < -0.39 is 0 Å². The van der Waals surface area contributed by atoms with Crippen LogP contribution in [0.15, 0.2) is 42.5 Å². The predicted molar refractivity (Wildman–Crippen MR) is 107 cm³/mol. The molecular weight excluding hydrogens is 348 g/mol. The first kappa shape index (κ1) is 20.0. The minimum atomic E-state index is -0.0901. The Hall–Kier alpha value is -2.33. The number of carbonyl (C=O) groups excluding carboxylic acids is 2. The minimum absolute atomic E-state index is 0.0356. The van der Waals surface area contributed by atoms with Crippen LogP contribution in [0.1, 0.15) is 30.0 Å². The molecular formula is C21H25ClN2O2. The Kier molecular flexibility index (Phi) is 7.22. The molecule has 2 rings (SSSR count). The van der Waals surface area contributed by atoms with Crippen LogP contribution in [0.5, 0.6) is 0 Å². The lowest BCUT2D eigenvalue weighted by atomic mass is 10.1. The zero-order valence-electron chi connectivity index (χ0n) is 15.5. The molecule has 0 heterocycles. The van der Waals surface area contributed by atoms with E-state index >= 15 is 0 Å². The van der Waals surface area contributed by atoms with E-state index in [0.29, 0.717) is 24.5 Å². The molecule has 0 radical (unpaired) electrons. The molecule has 1 N–H and O–H groups in total. The van der Waals surface area contributed by atoms with Gasteiger partial charge < -0.3 is 10.2 Å². The second kappa shape index (κ2) is 9.39. The number of nitrogens with zero attached hydrogens (tertiary/aromatic N) is 1. The average molecular weight is 373 g/mol. The number of hydrogen-bond donors (Lipinski definition) is 1. The van der Waals surface area contributed by atoms with Crippen molar-refractivity contribution in [2.75, 3.05) is 18.4 Å². The van der Waals surface area contributed by atoms with E-state index in [1.807, 2.05) is 56.3 Å². The van der Waals surface area contributed by atoms with Crippen molar-refractivity contribution in [3.8, 4) is 0 Å². The highest BCUT2D eigenvalue weighted by molar-refractivity contribution is 6.30. The highest BCUT2D eigenvalue weighted by atomic mass is 35.5. The Labute approximate surface area is 160 Å². The van der Waals surface area contributed by atoms with Gasteiger partial charge in [0.05, 0.1) is 0 Å². The first-order valence-corrected chi connectivity index (χ1v) is 9.10. The third kappa shape index (κ3) is 6.19. The van der Waals surface area contributed by atoms with Crippen molar-refractivity contribution in [1.82, 2.24) is 4.90 Å². The van der Waals surface area contributed by atoms with E-state index in [1.54, 1.807) is 4.90 Å². The van der Waals surface area contributed by atoms with Crippen molar-refractivity contribution >= 4 is 29.1 Å². The van der Waals surface area contributed by atoms with Crippen molar-refractivity contribution in [3.05, 3.63) is 64.2 Å². The zero-order valence-corrected chi connectivity index (χ0v) is 16.3. The molecule has 0 aromatic heterocycles. The molecule has 0 bridgehead atoms. The summed E-state index contributed by atoms with van der Waals surface area (Å²) in [4.78, 5) is 25.8. The van der Waals surface area contributed by atoms with Crippen LogP contribution in [0.4, 0.5) is 5.69 Å². The van der Waals surface area contributed by atoms with Crippen LogP contribution in [0.2, 0.25) is 5.02 Å². The Morgan fingerprint density at radius 2 is 1.85 bits per heavy atom. The van der Waals surface area contributed by atoms with Gasteiger partial charge in [0, 0.05) is 37.1 Å². The van der Waals surface area contributed by atoms with E-state index in [1.165, 1.54) is 6.92 Å². The third-order valence-electron chi connectivity index (χ3n) is 4.28. The second-order valence-electron chi connectivity index (χ2n) is 6.50. The third-order valence-corrected chi connectivity index (χ3v) is 4.52. The summed E-state index contributed by atoms with van der Waals surface area (Å²) in [5, 5.41) is 3.62. The van der Waals surface area contributed by atoms with Gasteiger partial charge in [-0.05, 0) is 55.2 Å². The maximum Gasteiger partial charge on any atom is 0.226 e. The lowest BCUT2D eigenvalue weighted by Gasteiger charge is -2.21. The van der Waals surface area contributed by atoms with Gasteiger partial charge in [0.1, 0.15) is 0 Å². The topological polar surface area (TPSA) is 49.4 Å². The Morgan fingerprint density at radius 1 is 1.08 bits per heavy atom. The molecule has 0 spiro atoms. The molecule has 0 saturated carbocycles. The number of aryl methyl sites for hydroxylation is 2. The van der Waals surface area contributed by atoms with Crippen LogP contribution in [0, 0.1) is 13.8 Å². The predicted octanol–water partition coefficient (Wildman–Crippen LogP) is 4.38. The number of hydrogen-bond acceptors (Lipinski definition) is 2. The largest absolute Gasteiger partial charge is 0.342 e. The van der Waals surface area contributed by atoms with E-state index in [2.05, 4.69) is 5.32 Å². The van der Waals surface area contributed by atoms with Gasteiger partial charge in [-0.2, -0.15) is 0 Å². The highest BCUT2D eigenvalue weighted by Crippen LogP contribution is 2.16. The van der Waals surface area contributed by atoms with Crippen molar-refractivity contribution in [3.63, 3.8) is 0 Å². The number of carbonyl (C=O) groups is 2. The van der Waals surface area contributed by atoms with Gasteiger partial charge in [0.15, 0.2) is 0 Å². The molecule has 5 heteroatoms. The monoisotopic (exact) mass is 372 g/mol. The Balaban J connectivity index is 1.88. The standard InChI is InChI=1S/C21H25ClN2O2/c1-15-7-8-16(2)20(13-15)23-21(26)10-12-24(17(3)25)11-9-18-5-4-6-19(22)14-18/h4-8,13-14H,9-12H2,1-3H3,(H,23,26). The molecule has 0 aliphatic rings. The van der Waals surface area contributed by atoms with Gasteiger partial charge in [0.2, 0.25) is 11.8 Å². The van der Waals surface area contributed by atoms with Crippen LogP contribution < -0.4 is 5.32 Å². The number of nitrogens with one attached hydrogen (secondary N) is 1. The second-order valence-corrected chi connectivity index (χ2v) is 6.94. The molecule has 0 unspecified atom stereocenters. The SMILES string of the molecule is CC(=O)N(CCC(=O)Nc1cc(C)ccc1C)CCc1cccc(Cl)c1. The summed E-state index contributed by atoms with van der Waals surface area (Å²) in [5.74, 6) is -0.126. The molecule has 0 aliphatic carbocycles. The van der Waals surface area contributed by atoms with Crippen molar-refractivity contribution in [1.29, 1.82) is 0 Å². The van der Waals surface area contributed by atoms with Crippen LogP contribution in [0.3, 0.4) is 0 Å². The number of benzene rings is 2. The summed E-state index contributed by atoms with van der Waals surface area (Å²) in [5.41, 5.74) is 4.01. The number of rotatable bonds is 7. The maximum atomic E-state index is 12.3. The van der Waals surface area contributed by atoms with Gasteiger partial charge in [-0.15, -0.1) is 0 Å². The Morgan fingerprint density at radius 3 is 2.54 bits per heavy atom. The minimum Gasteiger partial charge on any atom is -0.342 e. The molecule has 138 valence electrons. The quantitative estimate of drug-likeness (QED) is 0.784. The fourth-order valence-electron chi connectivity index (χ4n) is 2.70. The number of anilines is 1. The van der Waals surface area contributed by atoms with Crippen LogP contribution in [0.25, 0.3) is 0 Å². The lowest BCUT2D eigenvalue weighted by molar-refractivity contribution is -0.129. The highest BCUT2D eigenvalue weighted by Gasteiger charge is 2.12.